The van der Waals surface area contributed by atoms with Gasteiger partial charge >= 0.3 is 0 Å². The first-order chi connectivity index (χ1) is 12.1. The summed E-state index contributed by atoms with van der Waals surface area (Å²) in [6.07, 6.45) is 6.38. The Morgan fingerprint density at radius 2 is 1.92 bits per heavy atom. The highest BCUT2D eigenvalue weighted by molar-refractivity contribution is 7.98. The maximum absolute atomic E-state index is 12.1. The van der Waals surface area contributed by atoms with Gasteiger partial charge in [0.25, 0.3) is 0 Å². The second-order valence-electron chi connectivity index (χ2n) is 6.07. The summed E-state index contributed by atoms with van der Waals surface area (Å²) < 4.78 is 0. The monoisotopic (exact) mass is 375 g/mol. The molecule has 1 aromatic carbocycles. The first-order valence-electron chi connectivity index (χ1n) is 8.33. The molecule has 1 aliphatic rings. The molecule has 2 aromatic rings. The Kier molecular flexibility index (Phi) is 6.09. The number of thioether (sulfide) groups is 1. The van der Waals surface area contributed by atoms with Crippen molar-refractivity contribution in [1.29, 1.82) is 0 Å². The molecule has 132 valence electrons. The molecule has 1 saturated carbocycles. The van der Waals surface area contributed by atoms with Crippen LogP contribution in [0.15, 0.2) is 34.5 Å². The van der Waals surface area contributed by atoms with Crippen molar-refractivity contribution in [2.24, 2.45) is 5.92 Å². The fourth-order valence-corrected chi connectivity index (χ4v) is 4.01. The molecular formula is C18H21N3O2S2. The van der Waals surface area contributed by atoms with Crippen molar-refractivity contribution in [3.8, 4) is 0 Å². The molecule has 1 aliphatic carbocycles. The normalized spacial score (nSPS) is 14.4. The number of amides is 2. The van der Waals surface area contributed by atoms with Crippen LogP contribution in [0.5, 0.6) is 0 Å². The van der Waals surface area contributed by atoms with Gasteiger partial charge in [-0.05, 0) is 43.4 Å². The highest BCUT2D eigenvalue weighted by atomic mass is 32.2. The van der Waals surface area contributed by atoms with Crippen molar-refractivity contribution in [2.45, 2.75) is 37.0 Å². The molecule has 2 amide bonds. The van der Waals surface area contributed by atoms with E-state index in [9.17, 15) is 9.59 Å². The third kappa shape index (κ3) is 5.06. The topological polar surface area (TPSA) is 71.1 Å². The number of aromatic nitrogens is 1. The predicted molar refractivity (Wildman–Crippen MR) is 103 cm³/mol. The van der Waals surface area contributed by atoms with Crippen LogP contribution in [0.25, 0.3) is 0 Å². The van der Waals surface area contributed by atoms with Crippen LogP contribution < -0.4 is 10.6 Å². The average Bonchev–Trinajstić information content (AvgIpc) is 3.27. The van der Waals surface area contributed by atoms with E-state index in [1.807, 2.05) is 35.9 Å². The number of carbonyl (C=O) groups is 2. The maximum atomic E-state index is 12.1. The SMILES string of the molecule is CSc1ccc(NC(=O)Cc2csc(NC(=O)C3CCCC3)n2)cc1. The molecule has 0 spiro atoms. The lowest BCUT2D eigenvalue weighted by Gasteiger charge is -2.07. The minimum atomic E-state index is -0.115. The van der Waals surface area contributed by atoms with Gasteiger partial charge < -0.3 is 10.6 Å². The highest BCUT2D eigenvalue weighted by Gasteiger charge is 2.23. The molecule has 2 N–H and O–H groups in total. The van der Waals surface area contributed by atoms with Gasteiger partial charge in [-0.3, -0.25) is 9.59 Å². The number of thiazole rings is 1. The first kappa shape index (κ1) is 17.9. The van der Waals surface area contributed by atoms with Crippen LogP contribution in [-0.4, -0.2) is 23.1 Å². The third-order valence-electron chi connectivity index (χ3n) is 4.22. The third-order valence-corrected chi connectivity index (χ3v) is 5.77. The summed E-state index contributed by atoms with van der Waals surface area (Å²) >= 11 is 3.02. The van der Waals surface area contributed by atoms with E-state index in [2.05, 4.69) is 15.6 Å². The molecule has 1 aromatic heterocycles. The van der Waals surface area contributed by atoms with Crippen molar-refractivity contribution in [3.05, 3.63) is 35.3 Å². The zero-order valence-electron chi connectivity index (χ0n) is 14.1. The molecule has 0 unspecified atom stereocenters. The predicted octanol–water partition coefficient (Wildman–Crippen LogP) is 4.17. The number of benzene rings is 1. The summed E-state index contributed by atoms with van der Waals surface area (Å²) in [6, 6.07) is 7.72. The molecule has 5 nitrogen and oxygen atoms in total. The number of nitrogens with zero attached hydrogens (tertiary/aromatic N) is 1. The van der Waals surface area contributed by atoms with Gasteiger partial charge in [-0.2, -0.15) is 0 Å². The fraction of sp³-hybridized carbons (Fsp3) is 0.389. The van der Waals surface area contributed by atoms with E-state index in [0.717, 1.165) is 36.3 Å². The summed E-state index contributed by atoms with van der Waals surface area (Å²) in [5, 5.41) is 8.13. The Balaban J connectivity index is 1.51. The largest absolute Gasteiger partial charge is 0.326 e. The van der Waals surface area contributed by atoms with Gasteiger partial charge in [0.05, 0.1) is 12.1 Å². The van der Waals surface area contributed by atoms with Crippen molar-refractivity contribution in [1.82, 2.24) is 4.98 Å². The van der Waals surface area contributed by atoms with Gasteiger partial charge in [0, 0.05) is 21.9 Å². The van der Waals surface area contributed by atoms with E-state index in [0.29, 0.717) is 10.8 Å². The van der Waals surface area contributed by atoms with Gasteiger partial charge in [0.2, 0.25) is 11.8 Å². The number of hydrogen-bond donors (Lipinski definition) is 2. The Bertz CT molecular complexity index is 737. The maximum Gasteiger partial charge on any atom is 0.230 e. The van der Waals surface area contributed by atoms with Crippen molar-refractivity contribution < 1.29 is 9.59 Å². The van der Waals surface area contributed by atoms with Crippen LogP contribution >= 0.6 is 23.1 Å². The molecule has 25 heavy (non-hydrogen) atoms. The van der Waals surface area contributed by atoms with Crippen molar-refractivity contribution in [3.63, 3.8) is 0 Å². The summed E-state index contributed by atoms with van der Waals surface area (Å²) in [4.78, 5) is 29.8. The quantitative estimate of drug-likeness (QED) is 0.743. The van der Waals surface area contributed by atoms with Gasteiger partial charge in [0.15, 0.2) is 5.13 Å². The molecule has 0 saturated heterocycles. The first-order valence-corrected chi connectivity index (χ1v) is 10.4. The Labute approximate surface area is 155 Å². The van der Waals surface area contributed by atoms with E-state index >= 15 is 0 Å². The molecule has 0 atom stereocenters. The van der Waals surface area contributed by atoms with Crippen LogP contribution in [0.4, 0.5) is 10.8 Å². The number of carbonyl (C=O) groups excluding carboxylic acids is 2. The molecule has 3 rings (SSSR count). The van der Waals surface area contributed by atoms with Crippen LogP contribution in [0.1, 0.15) is 31.4 Å². The summed E-state index contributed by atoms with van der Waals surface area (Å²) in [5.41, 5.74) is 1.44. The Hall–Kier alpha value is -1.86. The molecular weight excluding hydrogens is 354 g/mol. The molecule has 0 aliphatic heterocycles. The van der Waals surface area contributed by atoms with E-state index in [-0.39, 0.29) is 24.2 Å². The molecule has 0 radical (unpaired) electrons. The fourth-order valence-electron chi connectivity index (χ4n) is 2.89. The van der Waals surface area contributed by atoms with Gasteiger partial charge in [-0.25, -0.2) is 4.98 Å². The lowest BCUT2D eigenvalue weighted by atomic mass is 10.1. The number of anilines is 2. The minimum Gasteiger partial charge on any atom is -0.326 e. The molecule has 0 bridgehead atoms. The van der Waals surface area contributed by atoms with Crippen LogP contribution in [0.3, 0.4) is 0 Å². The van der Waals surface area contributed by atoms with Crippen LogP contribution in [0, 0.1) is 5.92 Å². The Morgan fingerprint density at radius 3 is 2.60 bits per heavy atom. The van der Waals surface area contributed by atoms with E-state index < -0.39 is 0 Å². The molecule has 1 fully saturated rings. The second kappa shape index (κ2) is 8.49. The van der Waals surface area contributed by atoms with E-state index in [4.69, 9.17) is 0 Å². The van der Waals surface area contributed by atoms with Crippen molar-refractivity contribution >= 4 is 45.7 Å². The summed E-state index contributed by atoms with van der Waals surface area (Å²) in [6.45, 7) is 0. The lowest BCUT2D eigenvalue weighted by molar-refractivity contribution is -0.119. The average molecular weight is 376 g/mol. The summed E-state index contributed by atoms with van der Waals surface area (Å²) in [5.74, 6) is 0.0486. The molecule has 1 heterocycles. The second-order valence-corrected chi connectivity index (χ2v) is 7.81. The van der Waals surface area contributed by atoms with Crippen LogP contribution in [-0.2, 0) is 16.0 Å². The summed E-state index contributed by atoms with van der Waals surface area (Å²) in [7, 11) is 0. The Morgan fingerprint density at radius 1 is 1.20 bits per heavy atom. The van der Waals surface area contributed by atoms with E-state index in [1.165, 1.54) is 11.3 Å². The standard InChI is InChI=1S/C18H21N3O2S2/c1-24-15-8-6-13(7-9-15)19-16(22)10-14-11-25-18(20-14)21-17(23)12-4-2-3-5-12/h6-9,11-12H,2-5,10H2,1H3,(H,19,22)(H,20,21,23). The van der Waals surface area contributed by atoms with Gasteiger partial charge in [-0.15, -0.1) is 23.1 Å². The highest BCUT2D eigenvalue weighted by Crippen LogP contribution is 2.26. The zero-order chi connectivity index (χ0) is 17.6. The molecule has 7 heteroatoms. The smallest absolute Gasteiger partial charge is 0.230 e. The minimum absolute atomic E-state index is 0.0525. The number of hydrogen-bond acceptors (Lipinski definition) is 5. The van der Waals surface area contributed by atoms with Gasteiger partial charge in [-0.1, -0.05) is 12.8 Å². The van der Waals surface area contributed by atoms with Crippen molar-refractivity contribution in [2.75, 3.05) is 16.9 Å². The van der Waals surface area contributed by atoms with Crippen LogP contribution in [0.2, 0.25) is 0 Å². The number of nitrogens with one attached hydrogen (secondary N) is 2. The van der Waals surface area contributed by atoms with Gasteiger partial charge in [0.1, 0.15) is 0 Å². The lowest BCUT2D eigenvalue weighted by Crippen LogP contribution is -2.20. The number of rotatable bonds is 6. The zero-order valence-corrected chi connectivity index (χ0v) is 15.7. The van der Waals surface area contributed by atoms with E-state index in [1.54, 1.807) is 11.8 Å².